The molecular formula is C8H10N6. The third-order valence-corrected chi connectivity index (χ3v) is 1.61. The molecule has 1 rings (SSSR count). The Morgan fingerprint density at radius 1 is 1.21 bits per heavy atom. The fraction of sp³-hybridized carbons (Fsp3) is 0.250. The van der Waals surface area contributed by atoms with E-state index in [2.05, 4.69) is 20.5 Å². The first-order valence-corrected chi connectivity index (χ1v) is 3.96. The number of benzene rings is 1. The van der Waals surface area contributed by atoms with Gasteiger partial charge in [0, 0.05) is 19.8 Å². The largest absolute Gasteiger partial charge is 0.378 e. The van der Waals surface area contributed by atoms with Crippen molar-refractivity contribution in [3.8, 4) is 0 Å². The number of anilines is 1. The fourth-order valence-corrected chi connectivity index (χ4v) is 0.907. The normalized spacial score (nSPS) is 9.86. The Morgan fingerprint density at radius 3 is 2.36 bits per heavy atom. The van der Waals surface area contributed by atoms with Gasteiger partial charge in [-0.2, -0.15) is 4.91 Å². The van der Waals surface area contributed by atoms with E-state index >= 15 is 0 Å². The van der Waals surface area contributed by atoms with Crippen molar-refractivity contribution in [3.05, 3.63) is 34.7 Å². The number of hydrogen-bond acceptors (Lipinski definition) is 2. The van der Waals surface area contributed by atoms with E-state index in [0.717, 1.165) is 5.69 Å². The summed E-state index contributed by atoms with van der Waals surface area (Å²) in [6, 6.07) is 7.41. The van der Waals surface area contributed by atoms with Crippen LogP contribution in [-0.4, -0.2) is 14.1 Å². The van der Waals surface area contributed by atoms with Gasteiger partial charge in [-0.05, 0) is 29.4 Å². The van der Waals surface area contributed by atoms with Crippen LogP contribution in [0, 0.1) is 0 Å². The maximum Gasteiger partial charge on any atom is 0.112 e. The molecule has 6 nitrogen and oxygen atoms in total. The molecule has 0 unspecified atom stereocenters. The van der Waals surface area contributed by atoms with E-state index in [9.17, 15) is 0 Å². The van der Waals surface area contributed by atoms with Crippen LogP contribution in [0.15, 0.2) is 39.8 Å². The summed E-state index contributed by atoms with van der Waals surface area (Å²) in [6.45, 7) is 0. The predicted octanol–water partition coefficient (Wildman–Crippen LogP) is 3.06. The van der Waals surface area contributed by atoms with E-state index in [1.54, 1.807) is 12.1 Å². The molecule has 0 spiro atoms. The molecule has 0 aromatic heterocycles. The molecule has 0 bridgehead atoms. The lowest BCUT2D eigenvalue weighted by Crippen LogP contribution is -2.07. The van der Waals surface area contributed by atoms with Gasteiger partial charge < -0.3 is 4.90 Å². The van der Waals surface area contributed by atoms with Crippen LogP contribution in [0.1, 0.15) is 0 Å². The molecule has 1 aromatic rings. The van der Waals surface area contributed by atoms with E-state index in [4.69, 9.17) is 5.53 Å². The molecule has 6 heteroatoms. The zero-order valence-electron chi connectivity index (χ0n) is 7.99. The molecule has 72 valence electrons. The molecule has 0 saturated carbocycles. The molecule has 1 aromatic carbocycles. The first-order valence-electron chi connectivity index (χ1n) is 3.96. The second kappa shape index (κ2) is 4.84. The van der Waals surface area contributed by atoms with Gasteiger partial charge in [0.25, 0.3) is 0 Å². The van der Waals surface area contributed by atoms with Gasteiger partial charge in [0.05, 0.1) is 5.22 Å². The lowest BCUT2D eigenvalue weighted by molar-refractivity contribution is 1.04. The van der Waals surface area contributed by atoms with Gasteiger partial charge in [-0.15, -0.1) is 5.53 Å². The summed E-state index contributed by atoms with van der Waals surface area (Å²) < 4.78 is 0. The van der Waals surface area contributed by atoms with Gasteiger partial charge in [0.15, 0.2) is 0 Å². The van der Waals surface area contributed by atoms with Crippen LogP contribution < -0.4 is 4.90 Å². The molecule has 0 N–H and O–H groups in total. The summed E-state index contributed by atoms with van der Waals surface area (Å²) in [7, 11) is 3.91. The summed E-state index contributed by atoms with van der Waals surface area (Å²) in [6.07, 6.45) is 0. The Hall–Kier alpha value is -2.07. The average molecular weight is 190 g/mol. The predicted molar refractivity (Wildman–Crippen MR) is 54.4 cm³/mol. The maximum absolute atomic E-state index is 7.96. The molecule has 14 heavy (non-hydrogen) atoms. The van der Waals surface area contributed by atoms with Crippen LogP contribution in [-0.2, 0) is 0 Å². The number of azide groups is 1. The summed E-state index contributed by atoms with van der Waals surface area (Å²) in [4.78, 5) is 4.43. The molecule has 0 saturated heterocycles. The molecule has 0 heterocycles. The second-order valence-corrected chi connectivity index (χ2v) is 2.78. The molecule has 0 aliphatic rings. The van der Waals surface area contributed by atoms with E-state index in [-0.39, 0.29) is 0 Å². The highest BCUT2D eigenvalue weighted by atomic mass is 15.5. The quantitative estimate of drug-likeness (QED) is 0.312. The van der Waals surface area contributed by atoms with Crippen molar-refractivity contribution in [3.63, 3.8) is 0 Å². The van der Waals surface area contributed by atoms with Crippen LogP contribution in [0.4, 0.5) is 11.4 Å². The van der Waals surface area contributed by atoms with Crippen LogP contribution in [0.25, 0.3) is 10.4 Å². The summed E-state index contributed by atoms with van der Waals surface area (Å²) in [5.41, 5.74) is 9.69. The van der Waals surface area contributed by atoms with Gasteiger partial charge in [0.1, 0.15) is 10.9 Å². The van der Waals surface area contributed by atoms with E-state index in [0.29, 0.717) is 5.69 Å². The van der Waals surface area contributed by atoms with Crippen molar-refractivity contribution in [1.29, 1.82) is 0 Å². The van der Waals surface area contributed by atoms with Crippen LogP contribution in [0.3, 0.4) is 0 Å². The van der Waals surface area contributed by atoms with Crippen LogP contribution in [0.5, 0.6) is 0 Å². The van der Waals surface area contributed by atoms with Crippen molar-refractivity contribution >= 4 is 11.4 Å². The van der Waals surface area contributed by atoms with Crippen molar-refractivity contribution in [2.45, 2.75) is 0 Å². The molecular weight excluding hydrogens is 180 g/mol. The molecule has 0 fully saturated rings. The molecule has 0 atom stereocenters. The van der Waals surface area contributed by atoms with Gasteiger partial charge in [-0.25, -0.2) is 0 Å². The summed E-state index contributed by atoms with van der Waals surface area (Å²) in [5, 5.41) is 9.89. The van der Waals surface area contributed by atoms with E-state index < -0.39 is 0 Å². The molecule has 0 aliphatic carbocycles. The lowest BCUT2D eigenvalue weighted by atomic mass is 10.3. The van der Waals surface area contributed by atoms with Gasteiger partial charge in [0.2, 0.25) is 0 Å². The van der Waals surface area contributed by atoms with Crippen molar-refractivity contribution in [2.75, 3.05) is 19.0 Å². The highest BCUT2D eigenvalue weighted by Crippen LogP contribution is 2.18. The summed E-state index contributed by atoms with van der Waals surface area (Å²) >= 11 is 0. The molecule has 0 aliphatic heterocycles. The smallest absolute Gasteiger partial charge is 0.112 e. The first-order chi connectivity index (χ1) is 6.74. The Labute approximate surface area is 81.5 Å². The van der Waals surface area contributed by atoms with Crippen molar-refractivity contribution < 1.29 is 0 Å². The monoisotopic (exact) mass is 190 g/mol. The summed E-state index contributed by atoms with van der Waals surface area (Å²) in [5.74, 6) is 0. The molecule has 0 radical (unpaired) electrons. The van der Waals surface area contributed by atoms with Crippen LogP contribution >= 0.6 is 0 Å². The minimum atomic E-state index is 0.656. The lowest BCUT2D eigenvalue weighted by Gasteiger charge is -2.11. The zero-order valence-corrected chi connectivity index (χ0v) is 7.99. The Balaban J connectivity index is 2.78. The Kier molecular flexibility index (Phi) is 3.46. The zero-order chi connectivity index (χ0) is 10.4. The van der Waals surface area contributed by atoms with E-state index in [1.165, 1.54) is 0 Å². The highest BCUT2D eigenvalue weighted by Gasteiger charge is 1.95. The third kappa shape index (κ3) is 2.76. The third-order valence-electron chi connectivity index (χ3n) is 1.61. The Morgan fingerprint density at radius 2 is 1.86 bits per heavy atom. The molecule has 0 amide bonds. The van der Waals surface area contributed by atoms with Crippen molar-refractivity contribution in [1.82, 2.24) is 0 Å². The maximum atomic E-state index is 7.96. The number of rotatable bonds is 3. The van der Waals surface area contributed by atoms with E-state index in [1.807, 2.05) is 31.1 Å². The fourth-order valence-electron chi connectivity index (χ4n) is 0.907. The SMILES string of the molecule is CN(C)c1ccc(N=NN=[N+]=[N-])cc1. The minimum absolute atomic E-state index is 0.656. The standard InChI is InChI=1S/C8H10N6/c1-14(2)8-5-3-7(4-6-8)10-12-13-11-9/h3-6H,1-2H3. The topological polar surface area (TPSA) is 76.7 Å². The second-order valence-electron chi connectivity index (χ2n) is 2.78. The number of hydrogen-bond donors (Lipinski definition) is 0. The van der Waals surface area contributed by atoms with Crippen molar-refractivity contribution in [2.24, 2.45) is 15.6 Å². The average Bonchev–Trinajstić information content (AvgIpc) is 2.19. The van der Waals surface area contributed by atoms with Gasteiger partial charge >= 0.3 is 0 Å². The first kappa shape index (κ1) is 10.0. The van der Waals surface area contributed by atoms with Gasteiger partial charge in [-0.3, -0.25) is 0 Å². The van der Waals surface area contributed by atoms with Crippen LogP contribution in [0.2, 0.25) is 0 Å². The highest BCUT2D eigenvalue weighted by molar-refractivity contribution is 5.51. The van der Waals surface area contributed by atoms with Gasteiger partial charge in [-0.1, -0.05) is 0 Å². The Bertz CT molecular complexity index is 360. The minimum Gasteiger partial charge on any atom is -0.378 e. The number of nitrogens with zero attached hydrogens (tertiary/aromatic N) is 6.